The van der Waals surface area contributed by atoms with Gasteiger partial charge in [0.15, 0.2) is 0 Å². The van der Waals surface area contributed by atoms with Crippen molar-refractivity contribution >= 4 is 21.8 Å². The number of rotatable bonds is 5. The molecule has 104 valence electrons. The van der Waals surface area contributed by atoms with E-state index in [0.717, 1.165) is 22.9 Å². The minimum atomic E-state index is -0.482. The Balaban J connectivity index is 2.00. The molecule has 19 heavy (non-hydrogen) atoms. The number of benzene rings is 1. The number of aliphatic hydroxyl groups excluding tert-OH is 1. The van der Waals surface area contributed by atoms with Gasteiger partial charge in [-0.25, -0.2) is 0 Å². The van der Waals surface area contributed by atoms with Crippen LogP contribution in [0.1, 0.15) is 32.3 Å². The fourth-order valence-electron chi connectivity index (χ4n) is 2.14. The van der Waals surface area contributed by atoms with Crippen LogP contribution in [0.15, 0.2) is 28.7 Å². The molecule has 0 heterocycles. The summed E-state index contributed by atoms with van der Waals surface area (Å²) in [6, 6.07) is 7.92. The third-order valence-corrected chi connectivity index (χ3v) is 4.35. The average Bonchev–Trinajstić information content (AvgIpc) is 3.17. The summed E-state index contributed by atoms with van der Waals surface area (Å²) in [5, 5.41) is 12.6. The van der Waals surface area contributed by atoms with Crippen molar-refractivity contribution in [3.05, 3.63) is 34.3 Å². The Bertz CT molecular complexity index is 452. The van der Waals surface area contributed by atoms with E-state index in [1.54, 1.807) is 0 Å². The number of amides is 1. The normalized spacial score (nSPS) is 18.2. The van der Waals surface area contributed by atoms with E-state index in [9.17, 15) is 9.90 Å². The summed E-state index contributed by atoms with van der Waals surface area (Å²) < 4.78 is 1.02. The van der Waals surface area contributed by atoms with Crippen LogP contribution < -0.4 is 5.32 Å². The number of carbonyl (C=O) groups excluding carboxylic acids is 1. The summed E-state index contributed by atoms with van der Waals surface area (Å²) in [5.41, 5.74) is 0.699. The van der Waals surface area contributed by atoms with Crippen LogP contribution in [0.2, 0.25) is 0 Å². The fourth-order valence-corrected chi connectivity index (χ4v) is 2.41. The molecule has 0 spiro atoms. The molecule has 3 nitrogen and oxygen atoms in total. The van der Waals surface area contributed by atoms with Gasteiger partial charge in [0.25, 0.3) is 0 Å². The number of halogens is 1. The van der Waals surface area contributed by atoms with E-state index < -0.39 is 6.10 Å². The topological polar surface area (TPSA) is 49.3 Å². The minimum absolute atomic E-state index is 0.0366. The van der Waals surface area contributed by atoms with Gasteiger partial charge in [-0.05, 0) is 36.5 Å². The highest BCUT2D eigenvalue weighted by Gasteiger charge is 2.51. The molecular weight excluding hydrogens is 306 g/mol. The lowest BCUT2D eigenvalue weighted by Gasteiger charge is -2.19. The van der Waals surface area contributed by atoms with E-state index in [0.29, 0.717) is 6.54 Å². The number of carbonyl (C=O) groups is 1. The second-order valence-electron chi connectivity index (χ2n) is 5.61. The molecule has 1 aliphatic carbocycles. The monoisotopic (exact) mass is 325 g/mol. The predicted molar refractivity (Wildman–Crippen MR) is 78.9 cm³/mol. The van der Waals surface area contributed by atoms with Crippen LogP contribution in [0.5, 0.6) is 0 Å². The van der Waals surface area contributed by atoms with Crippen LogP contribution in [-0.4, -0.2) is 23.7 Å². The molecule has 0 saturated heterocycles. The second-order valence-corrected chi connectivity index (χ2v) is 6.53. The highest BCUT2D eigenvalue weighted by atomic mass is 79.9. The Morgan fingerprint density at radius 1 is 1.37 bits per heavy atom. The van der Waals surface area contributed by atoms with Gasteiger partial charge in [-0.15, -0.1) is 0 Å². The van der Waals surface area contributed by atoms with Crippen LogP contribution in [0, 0.1) is 5.92 Å². The molecule has 4 heteroatoms. The van der Waals surface area contributed by atoms with Crippen molar-refractivity contribution in [1.29, 1.82) is 0 Å². The van der Waals surface area contributed by atoms with Crippen molar-refractivity contribution in [2.45, 2.75) is 38.2 Å². The molecule has 0 aliphatic heterocycles. The van der Waals surface area contributed by atoms with Gasteiger partial charge in [0, 0.05) is 11.0 Å². The maximum absolute atomic E-state index is 12.3. The molecule has 0 aromatic heterocycles. The molecule has 1 aliphatic rings. The standard InChI is InChI=1S/C15H20BrNO2/c1-10(2)13(18)9-17-14(19)15(7-8-15)11-3-5-12(16)6-4-11/h3-6,10,13,18H,7-9H2,1-2H3,(H,17,19). The lowest BCUT2D eigenvalue weighted by Crippen LogP contribution is -2.40. The van der Waals surface area contributed by atoms with Crippen LogP contribution >= 0.6 is 15.9 Å². The fraction of sp³-hybridized carbons (Fsp3) is 0.533. The first-order valence-corrected chi connectivity index (χ1v) is 7.47. The van der Waals surface area contributed by atoms with Gasteiger partial charge in [0.2, 0.25) is 5.91 Å². The minimum Gasteiger partial charge on any atom is -0.391 e. The van der Waals surface area contributed by atoms with Crippen LogP contribution in [-0.2, 0) is 10.2 Å². The van der Waals surface area contributed by atoms with Crippen molar-refractivity contribution in [2.24, 2.45) is 5.92 Å². The molecule has 2 rings (SSSR count). The zero-order valence-electron chi connectivity index (χ0n) is 11.3. The summed E-state index contributed by atoms with van der Waals surface area (Å²) in [7, 11) is 0. The van der Waals surface area contributed by atoms with Gasteiger partial charge in [-0.1, -0.05) is 41.9 Å². The molecule has 1 fully saturated rings. The van der Waals surface area contributed by atoms with E-state index in [1.165, 1.54) is 0 Å². The van der Waals surface area contributed by atoms with Crippen LogP contribution in [0.3, 0.4) is 0 Å². The number of nitrogens with one attached hydrogen (secondary N) is 1. The number of aliphatic hydroxyl groups is 1. The molecule has 0 radical (unpaired) electrons. The maximum Gasteiger partial charge on any atom is 0.230 e. The van der Waals surface area contributed by atoms with Gasteiger partial charge >= 0.3 is 0 Å². The molecule has 1 saturated carbocycles. The zero-order valence-corrected chi connectivity index (χ0v) is 12.9. The van der Waals surface area contributed by atoms with Gasteiger partial charge in [-0.2, -0.15) is 0 Å². The van der Waals surface area contributed by atoms with E-state index in [4.69, 9.17) is 0 Å². The third-order valence-electron chi connectivity index (χ3n) is 3.82. The molecule has 1 unspecified atom stereocenters. The maximum atomic E-state index is 12.3. The zero-order chi connectivity index (χ0) is 14.0. The number of hydrogen-bond acceptors (Lipinski definition) is 2. The molecule has 1 aromatic carbocycles. The molecule has 0 bridgehead atoms. The Hall–Kier alpha value is -0.870. The first-order chi connectivity index (χ1) is 8.95. The van der Waals surface area contributed by atoms with Crippen molar-refractivity contribution < 1.29 is 9.90 Å². The van der Waals surface area contributed by atoms with Gasteiger partial charge in [0.1, 0.15) is 0 Å². The lowest BCUT2D eigenvalue weighted by molar-refractivity contribution is -0.124. The first kappa shape index (κ1) is 14.5. The molecule has 1 aromatic rings. The Morgan fingerprint density at radius 3 is 2.42 bits per heavy atom. The first-order valence-electron chi connectivity index (χ1n) is 6.68. The van der Waals surface area contributed by atoms with Crippen LogP contribution in [0.4, 0.5) is 0 Å². The quantitative estimate of drug-likeness (QED) is 0.874. The SMILES string of the molecule is CC(C)C(O)CNC(=O)C1(c2ccc(Br)cc2)CC1. The Labute approximate surface area is 122 Å². The smallest absolute Gasteiger partial charge is 0.230 e. The van der Waals surface area contributed by atoms with E-state index in [1.807, 2.05) is 38.1 Å². The summed E-state index contributed by atoms with van der Waals surface area (Å²) in [6.45, 7) is 4.21. The van der Waals surface area contributed by atoms with E-state index >= 15 is 0 Å². The third kappa shape index (κ3) is 3.18. The Kier molecular flexibility index (Phi) is 4.31. The van der Waals surface area contributed by atoms with Crippen LogP contribution in [0.25, 0.3) is 0 Å². The van der Waals surface area contributed by atoms with Crippen molar-refractivity contribution in [3.8, 4) is 0 Å². The largest absolute Gasteiger partial charge is 0.391 e. The predicted octanol–water partition coefficient (Wildman–Crippen LogP) is 2.61. The van der Waals surface area contributed by atoms with Gasteiger partial charge in [0.05, 0.1) is 11.5 Å². The summed E-state index contributed by atoms with van der Waals surface area (Å²) >= 11 is 3.40. The highest BCUT2D eigenvalue weighted by molar-refractivity contribution is 9.10. The lowest BCUT2D eigenvalue weighted by atomic mass is 9.95. The van der Waals surface area contributed by atoms with Gasteiger partial charge < -0.3 is 10.4 Å². The molecule has 1 amide bonds. The van der Waals surface area contributed by atoms with E-state index in [-0.39, 0.29) is 17.2 Å². The summed E-state index contributed by atoms with van der Waals surface area (Å²) in [6.07, 6.45) is 1.29. The summed E-state index contributed by atoms with van der Waals surface area (Å²) in [4.78, 5) is 12.3. The summed E-state index contributed by atoms with van der Waals surface area (Å²) in [5.74, 6) is 0.192. The van der Waals surface area contributed by atoms with E-state index in [2.05, 4.69) is 21.2 Å². The molecule has 2 N–H and O–H groups in total. The molecule has 1 atom stereocenters. The second kappa shape index (κ2) is 5.63. The van der Waals surface area contributed by atoms with Crippen molar-refractivity contribution in [3.63, 3.8) is 0 Å². The highest BCUT2D eigenvalue weighted by Crippen LogP contribution is 2.48. The van der Waals surface area contributed by atoms with Crippen molar-refractivity contribution in [1.82, 2.24) is 5.32 Å². The van der Waals surface area contributed by atoms with Gasteiger partial charge in [-0.3, -0.25) is 4.79 Å². The van der Waals surface area contributed by atoms with Crippen molar-refractivity contribution in [2.75, 3.05) is 6.54 Å². The molecular formula is C15H20BrNO2. The number of hydrogen-bond donors (Lipinski definition) is 2. The Morgan fingerprint density at radius 2 is 1.95 bits per heavy atom. The average molecular weight is 326 g/mol.